The molecule has 22 heavy (non-hydrogen) atoms. The van der Waals surface area contributed by atoms with Crippen LogP contribution < -0.4 is 0 Å². The third-order valence-electron chi connectivity index (χ3n) is 3.83. The quantitative estimate of drug-likeness (QED) is 0.845. The maximum Gasteiger partial charge on any atom is 0.292 e. The van der Waals surface area contributed by atoms with Crippen molar-refractivity contribution in [3.05, 3.63) is 41.8 Å². The molecule has 2 aromatic heterocycles. The lowest BCUT2D eigenvalue weighted by molar-refractivity contribution is -0.00604. The average Bonchev–Trinajstić information content (AvgIpc) is 3.08. The Hall–Kier alpha value is -2.28. The van der Waals surface area contributed by atoms with Crippen molar-refractivity contribution < 1.29 is 14.1 Å². The van der Waals surface area contributed by atoms with E-state index in [9.17, 15) is 4.79 Å². The number of carbonyl (C=O) groups excluding carboxylic acids is 1. The molecule has 3 heterocycles. The molecule has 2 aromatic rings. The van der Waals surface area contributed by atoms with Crippen molar-refractivity contribution >= 4 is 5.91 Å². The topological polar surface area (TPSA) is 81.4 Å². The van der Waals surface area contributed by atoms with Crippen LogP contribution in [0, 0.1) is 6.92 Å². The van der Waals surface area contributed by atoms with Crippen molar-refractivity contribution in [1.82, 2.24) is 20.0 Å². The van der Waals surface area contributed by atoms with Crippen LogP contribution in [0.15, 0.2) is 29.2 Å². The van der Waals surface area contributed by atoms with Crippen molar-refractivity contribution in [2.45, 2.75) is 25.8 Å². The summed E-state index contributed by atoms with van der Waals surface area (Å²) in [4.78, 5) is 22.8. The summed E-state index contributed by atoms with van der Waals surface area (Å²) in [6.07, 6.45) is 6.39. The molecule has 1 saturated heterocycles. The molecule has 7 nitrogen and oxygen atoms in total. The van der Waals surface area contributed by atoms with Gasteiger partial charge in [0.1, 0.15) is 0 Å². The van der Waals surface area contributed by atoms with Crippen LogP contribution in [-0.2, 0) is 11.2 Å². The van der Waals surface area contributed by atoms with E-state index in [1.54, 1.807) is 23.4 Å². The number of morpholine rings is 1. The summed E-state index contributed by atoms with van der Waals surface area (Å²) in [5.41, 5.74) is 1.88. The summed E-state index contributed by atoms with van der Waals surface area (Å²) in [5, 5.41) is 3.60. The molecule has 1 fully saturated rings. The number of ether oxygens (including phenoxy) is 1. The summed E-state index contributed by atoms with van der Waals surface area (Å²) in [6, 6.07) is 1.59. The third-order valence-corrected chi connectivity index (χ3v) is 3.83. The second kappa shape index (κ2) is 6.65. The Balaban J connectivity index is 1.68. The van der Waals surface area contributed by atoms with Gasteiger partial charge in [-0.3, -0.25) is 14.8 Å². The predicted octanol–water partition coefficient (Wildman–Crippen LogP) is 1.25. The van der Waals surface area contributed by atoms with Gasteiger partial charge in [-0.15, -0.1) is 0 Å². The second-order valence-corrected chi connectivity index (χ2v) is 5.23. The number of amides is 1. The Labute approximate surface area is 128 Å². The number of hydrogen-bond donors (Lipinski definition) is 0. The highest BCUT2D eigenvalue weighted by atomic mass is 16.5. The minimum absolute atomic E-state index is 0.00718. The van der Waals surface area contributed by atoms with E-state index in [2.05, 4.69) is 15.1 Å². The van der Waals surface area contributed by atoms with Crippen molar-refractivity contribution in [3.8, 4) is 0 Å². The molecule has 0 spiro atoms. The fourth-order valence-corrected chi connectivity index (χ4v) is 2.61. The Bertz CT molecular complexity index is 629. The molecule has 0 saturated carbocycles. The smallest absolute Gasteiger partial charge is 0.292 e. The van der Waals surface area contributed by atoms with Gasteiger partial charge in [0.15, 0.2) is 0 Å². The Morgan fingerprint density at radius 2 is 2.23 bits per heavy atom. The Kier molecular flexibility index (Phi) is 4.43. The van der Waals surface area contributed by atoms with E-state index in [4.69, 9.17) is 9.26 Å². The van der Waals surface area contributed by atoms with Crippen molar-refractivity contribution in [3.63, 3.8) is 0 Å². The number of rotatable bonds is 4. The number of aromatic nitrogens is 3. The van der Waals surface area contributed by atoms with Gasteiger partial charge in [0.2, 0.25) is 5.76 Å². The summed E-state index contributed by atoms with van der Waals surface area (Å²) < 4.78 is 10.5. The van der Waals surface area contributed by atoms with E-state index in [0.717, 1.165) is 24.2 Å². The SMILES string of the molecule is Cc1nccnc1CC[C@H]1COCCN1C(=O)c1ccno1. The van der Waals surface area contributed by atoms with Crippen LogP contribution in [0.5, 0.6) is 0 Å². The van der Waals surface area contributed by atoms with E-state index < -0.39 is 0 Å². The van der Waals surface area contributed by atoms with Gasteiger partial charge in [0, 0.05) is 25.0 Å². The molecule has 7 heteroatoms. The molecule has 1 amide bonds. The van der Waals surface area contributed by atoms with Gasteiger partial charge in [0.25, 0.3) is 5.91 Å². The lowest BCUT2D eigenvalue weighted by Gasteiger charge is -2.35. The minimum Gasteiger partial charge on any atom is -0.377 e. The maximum atomic E-state index is 12.5. The van der Waals surface area contributed by atoms with Gasteiger partial charge in [0.05, 0.1) is 36.8 Å². The molecular formula is C15H18N4O3. The Morgan fingerprint density at radius 3 is 3.00 bits per heavy atom. The summed E-state index contributed by atoms with van der Waals surface area (Å²) in [6.45, 7) is 3.57. The van der Waals surface area contributed by atoms with Crippen molar-refractivity contribution in [2.24, 2.45) is 0 Å². The molecule has 1 aliphatic heterocycles. The molecule has 116 valence electrons. The Morgan fingerprint density at radius 1 is 1.36 bits per heavy atom. The third kappa shape index (κ3) is 3.14. The van der Waals surface area contributed by atoms with Crippen LogP contribution in [0.3, 0.4) is 0 Å². The molecule has 0 radical (unpaired) electrons. The van der Waals surface area contributed by atoms with Crippen LogP contribution >= 0.6 is 0 Å². The monoisotopic (exact) mass is 302 g/mol. The molecular weight excluding hydrogens is 284 g/mol. The number of nitrogens with zero attached hydrogens (tertiary/aromatic N) is 4. The summed E-state index contributed by atoms with van der Waals surface area (Å²) in [5.74, 6) is 0.129. The number of carbonyl (C=O) groups is 1. The van der Waals surface area contributed by atoms with Gasteiger partial charge < -0.3 is 14.2 Å². The molecule has 0 unspecified atom stereocenters. The zero-order valence-corrected chi connectivity index (χ0v) is 12.4. The molecule has 1 aliphatic rings. The first-order valence-corrected chi connectivity index (χ1v) is 7.31. The maximum absolute atomic E-state index is 12.5. The second-order valence-electron chi connectivity index (χ2n) is 5.23. The van der Waals surface area contributed by atoms with Gasteiger partial charge >= 0.3 is 0 Å². The number of aryl methyl sites for hydroxylation is 2. The molecule has 0 aromatic carbocycles. The standard InChI is InChI=1S/C15H18N4O3/c1-11-13(17-7-6-16-11)3-2-12-10-21-9-8-19(12)15(20)14-4-5-18-22-14/h4-7,12H,2-3,8-10H2,1H3/t12-/m0/s1. The molecule has 3 rings (SSSR count). The van der Waals surface area contributed by atoms with Gasteiger partial charge in [-0.2, -0.15) is 0 Å². The fraction of sp³-hybridized carbons (Fsp3) is 0.467. The molecule has 1 atom stereocenters. The van der Waals surface area contributed by atoms with Crippen LogP contribution in [0.2, 0.25) is 0 Å². The lowest BCUT2D eigenvalue weighted by atomic mass is 10.1. The normalized spacial score (nSPS) is 18.4. The summed E-state index contributed by atoms with van der Waals surface area (Å²) >= 11 is 0. The molecule has 0 N–H and O–H groups in total. The fourth-order valence-electron chi connectivity index (χ4n) is 2.61. The first-order chi connectivity index (χ1) is 10.8. The zero-order chi connectivity index (χ0) is 15.4. The number of hydrogen-bond acceptors (Lipinski definition) is 6. The van der Waals surface area contributed by atoms with Crippen LogP contribution in [0.4, 0.5) is 0 Å². The summed E-state index contributed by atoms with van der Waals surface area (Å²) in [7, 11) is 0. The average molecular weight is 302 g/mol. The first-order valence-electron chi connectivity index (χ1n) is 7.31. The molecule has 0 aliphatic carbocycles. The van der Waals surface area contributed by atoms with Gasteiger partial charge in [-0.1, -0.05) is 5.16 Å². The van der Waals surface area contributed by atoms with E-state index in [-0.39, 0.29) is 17.7 Å². The van der Waals surface area contributed by atoms with Crippen LogP contribution in [0.1, 0.15) is 28.4 Å². The zero-order valence-electron chi connectivity index (χ0n) is 12.4. The van der Waals surface area contributed by atoms with Crippen molar-refractivity contribution in [2.75, 3.05) is 19.8 Å². The van der Waals surface area contributed by atoms with Gasteiger partial charge in [-0.05, 0) is 19.8 Å². The van der Waals surface area contributed by atoms with Crippen LogP contribution in [-0.4, -0.2) is 51.7 Å². The van der Waals surface area contributed by atoms with E-state index >= 15 is 0 Å². The largest absolute Gasteiger partial charge is 0.377 e. The predicted molar refractivity (Wildman–Crippen MR) is 77.2 cm³/mol. The lowest BCUT2D eigenvalue weighted by Crippen LogP contribution is -2.48. The van der Waals surface area contributed by atoms with E-state index in [0.29, 0.717) is 19.8 Å². The van der Waals surface area contributed by atoms with Crippen molar-refractivity contribution in [1.29, 1.82) is 0 Å². The highest BCUT2D eigenvalue weighted by molar-refractivity contribution is 5.91. The highest BCUT2D eigenvalue weighted by Gasteiger charge is 2.29. The minimum atomic E-state index is -0.137. The molecule has 0 bridgehead atoms. The van der Waals surface area contributed by atoms with Crippen LogP contribution in [0.25, 0.3) is 0 Å². The van der Waals surface area contributed by atoms with E-state index in [1.165, 1.54) is 6.20 Å². The van der Waals surface area contributed by atoms with E-state index in [1.807, 2.05) is 6.92 Å². The first kappa shape index (κ1) is 14.6. The van der Waals surface area contributed by atoms with Gasteiger partial charge in [-0.25, -0.2) is 0 Å². The highest BCUT2D eigenvalue weighted by Crippen LogP contribution is 2.17.